The van der Waals surface area contributed by atoms with Crippen molar-refractivity contribution in [3.8, 4) is 11.4 Å². The highest BCUT2D eigenvalue weighted by molar-refractivity contribution is 7.07. The minimum absolute atomic E-state index is 0.0447. The Morgan fingerprint density at radius 3 is 2.70 bits per heavy atom. The van der Waals surface area contributed by atoms with Crippen molar-refractivity contribution in [1.82, 2.24) is 15.0 Å². The molecule has 0 atom stereocenters. The lowest BCUT2D eigenvalue weighted by molar-refractivity contribution is -0.384. The lowest BCUT2D eigenvalue weighted by Gasteiger charge is -2.07. The molecule has 0 amide bonds. The molecule has 0 aliphatic rings. The van der Waals surface area contributed by atoms with Crippen LogP contribution in [0.15, 0.2) is 41.2 Å². The van der Waals surface area contributed by atoms with Crippen LogP contribution in [0.5, 0.6) is 0 Å². The van der Waals surface area contributed by atoms with Gasteiger partial charge in [-0.15, -0.1) is 11.3 Å². The minimum Gasteiger partial charge on any atom is -0.364 e. The number of benzene rings is 1. The molecule has 7 nitrogen and oxygen atoms in total. The molecular formula is C15H13N5O2S. The van der Waals surface area contributed by atoms with Crippen LogP contribution in [0.4, 0.5) is 11.5 Å². The molecule has 0 fully saturated rings. The van der Waals surface area contributed by atoms with Crippen LogP contribution < -0.4 is 5.32 Å². The summed E-state index contributed by atoms with van der Waals surface area (Å²) in [5, 5.41) is 15.9. The highest BCUT2D eigenvalue weighted by Gasteiger charge is 2.09. The van der Waals surface area contributed by atoms with Crippen molar-refractivity contribution < 1.29 is 4.92 Å². The van der Waals surface area contributed by atoms with Gasteiger partial charge in [-0.3, -0.25) is 10.1 Å². The van der Waals surface area contributed by atoms with Gasteiger partial charge in [0.1, 0.15) is 5.82 Å². The van der Waals surface area contributed by atoms with Crippen LogP contribution in [0, 0.1) is 17.0 Å². The predicted molar refractivity (Wildman–Crippen MR) is 88.3 cm³/mol. The van der Waals surface area contributed by atoms with Gasteiger partial charge >= 0.3 is 0 Å². The molecule has 8 heteroatoms. The molecule has 23 heavy (non-hydrogen) atoms. The summed E-state index contributed by atoms with van der Waals surface area (Å²) in [6.45, 7) is 2.46. The highest BCUT2D eigenvalue weighted by atomic mass is 32.1. The maximum Gasteiger partial charge on any atom is 0.269 e. The number of hydrogen-bond acceptors (Lipinski definition) is 7. The van der Waals surface area contributed by atoms with E-state index in [0.717, 1.165) is 17.0 Å². The second-order valence-electron chi connectivity index (χ2n) is 4.86. The van der Waals surface area contributed by atoms with Crippen molar-refractivity contribution >= 4 is 22.8 Å². The number of non-ortho nitro benzene ring substituents is 1. The molecule has 0 radical (unpaired) electrons. The Morgan fingerprint density at radius 2 is 2.04 bits per heavy atom. The number of nitro groups is 1. The lowest BCUT2D eigenvalue weighted by Crippen LogP contribution is -2.04. The van der Waals surface area contributed by atoms with Gasteiger partial charge in [-0.05, 0) is 19.1 Å². The molecule has 2 heterocycles. The first-order valence-corrected chi connectivity index (χ1v) is 7.77. The van der Waals surface area contributed by atoms with Crippen LogP contribution in [0.2, 0.25) is 0 Å². The fourth-order valence-electron chi connectivity index (χ4n) is 2.03. The van der Waals surface area contributed by atoms with Crippen molar-refractivity contribution in [3.63, 3.8) is 0 Å². The number of aromatic nitrogens is 3. The van der Waals surface area contributed by atoms with Gasteiger partial charge in [0.05, 0.1) is 22.7 Å². The molecular weight excluding hydrogens is 314 g/mol. The molecule has 3 aromatic rings. The Balaban J connectivity index is 1.83. The van der Waals surface area contributed by atoms with Crippen molar-refractivity contribution in [1.29, 1.82) is 0 Å². The second-order valence-corrected chi connectivity index (χ2v) is 5.57. The summed E-state index contributed by atoms with van der Waals surface area (Å²) >= 11 is 1.54. The number of nitrogens with zero attached hydrogens (tertiary/aromatic N) is 4. The highest BCUT2D eigenvalue weighted by Crippen LogP contribution is 2.21. The van der Waals surface area contributed by atoms with Gasteiger partial charge in [0.2, 0.25) is 0 Å². The Kier molecular flexibility index (Phi) is 4.24. The van der Waals surface area contributed by atoms with Gasteiger partial charge in [-0.1, -0.05) is 0 Å². The van der Waals surface area contributed by atoms with Crippen LogP contribution in [0.1, 0.15) is 11.4 Å². The maximum atomic E-state index is 10.7. The number of rotatable bonds is 5. The third kappa shape index (κ3) is 3.67. The molecule has 0 saturated heterocycles. The van der Waals surface area contributed by atoms with Gasteiger partial charge in [0.25, 0.3) is 5.69 Å². The van der Waals surface area contributed by atoms with Crippen molar-refractivity contribution in [2.75, 3.05) is 5.32 Å². The molecule has 0 saturated carbocycles. The number of nitrogens with one attached hydrogen (secondary N) is 1. The minimum atomic E-state index is -0.429. The Morgan fingerprint density at radius 1 is 1.26 bits per heavy atom. The van der Waals surface area contributed by atoms with Gasteiger partial charge in [0.15, 0.2) is 5.82 Å². The van der Waals surface area contributed by atoms with Crippen LogP contribution in [0.25, 0.3) is 11.4 Å². The maximum absolute atomic E-state index is 10.7. The van der Waals surface area contributed by atoms with E-state index in [-0.39, 0.29) is 5.69 Å². The molecule has 116 valence electrons. The number of thiazole rings is 1. The first-order chi connectivity index (χ1) is 11.1. The van der Waals surface area contributed by atoms with E-state index < -0.39 is 4.92 Å². The van der Waals surface area contributed by atoms with Crippen molar-refractivity contribution in [2.24, 2.45) is 0 Å². The summed E-state index contributed by atoms with van der Waals surface area (Å²) in [6.07, 6.45) is 0. The van der Waals surface area contributed by atoms with Gasteiger partial charge in [-0.2, -0.15) is 0 Å². The summed E-state index contributed by atoms with van der Waals surface area (Å²) in [4.78, 5) is 23.3. The topological polar surface area (TPSA) is 93.8 Å². The molecule has 1 N–H and O–H groups in total. The zero-order valence-corrected chi connectivity index (χ0v) is 13.1. The molecule has 0 aliphatic carbocycles. The van der Waals surface area contributed by atoms with E-state index in [4.69, 9.17) is 0 Å². The van der Waals surface area contributed by atoms with E-state index in [1.807, 2.05) is 18.4 Å². The Labute approximate surface area is 136 Å². The van der Waals surface area contributed by atoms with Gasteiger partial charge in [-0.25, -0.2) is 15.0 Å². The summed E-state index contributed by atoms with van der Waals surface area (Å²) in [5.41, 5.74) is 4.32. The zero-order chi connectivity index (χ0) is 16.2. The first-order valence-electron chi connectivity index (χ1n) is 6.83. The molecule has 0 spiro atoms. The lowest BCUT2D eigenvalue weighted by atomic mass is 10.2. The third-order valence-corrected chi connectivity index (χ3v) is 3.76. The average Bonchev–Trinajstić information content (AvgIpc) is 3.06. The zero-order valence-electron chi connectivity index (χ0n) is 12.3. The van der Waals surface area contributed by atoms with Crippen molar-refractivity contribution in [2.45, 2.75) is 13.5 Å². The van der Waals surface area contributed by atoms with Gasteiger partial charge < -0.3 is 5.32 Å². The van der Waals surface area contributed by atoms with E-state index in [1.165, 1.54) is 12.1 Å². The number of nitro benzene ring substituents is 1. The fourth-order valence-corrected chi connectivity index (χ4v) is 2.58. The van der Waals surface area contributed by atoms with Crippen molar-refractivity contribution in [3.05, 3.63) is 62.7 Å². The van der Waals surface area contributed by atoms with E-state index in [0.29, 0.717) is 18.2 Å². The summed E-state index contributed by atoms with van der Waals surface area (Å²) in [5.74, 6) is 1.22. The van der Waals surface area contributed by atoms with E-state index >= 15 is 0 Å². The summed E-state index contributed by atoms with van der Waals surface area (Å²) in [6, 6.07) is 8.04. The SMILES string of the molecule is Cc1cc(NCc2cscn2)nc(-c2ccc([N+](=O)[O-])cc2)n1. The molecule has 0 unspecified atom stereocenters. The number of hydrogen-bond donors (Lipinski definition) is 1. The normalized spacial score (nSPS) is 10.5. The molecule has 1 aromatic carbocycles. The van der Waals surface area contributed by atoms with E-state index in [1.54, 1.807) is 29.0 Å². The Bertz CT molecular complexity index is 818. The van der Waals surface area contributed by atoms with Crippen LogP contribution in [0.3, 0.4) is 0 Å². The molecule has 0 bridgehead atoms. The largest absolute Gasteiger partial charge is 0.364 e. The quantitative estimate of drug-likeness (QED) is 0.570. The molecule has 2 aromatic heterocycles. The number of aryl methyl sites for hydroxylation is 1. The fraction of sp³-hybridized carbons (Fsp3) is 0.133. The standard InChI is InChI=1S/C15H13N5O2S/c1-10-6-14(16-7-12-8-23-9-17-12)19-15(18-10)11-2-4-13(5-3-11)20(21)22/h2-6,8-9H,7H2,1H3,(H,16,18,19). The van der Waals surface area contributed by atoms with E-state index in [9.17, 15) is 10.1 Å². The Hall–Kier alpha value is -2.87. The average molecular weight is 327 g/mol. The number of anilines is 1. The smallest absolute Gasteiger partial charge is 0.269 e. The van der Waals surface area contributed by atoms with Gasteiger partial charge in [0, 0.05) is 34.8 Å². The van der Waals surface area contributed by atoms with Crippen LogP contribution >= 0.6 is 11.3 Å². The monoisotopic (exact) mass is 327 g/mol. The van der Waals surface area contributed by atoms with E-state index in [2.05, 4.69) is 20.3 Å². The molecule has 0 aliphatic heterocycles. The summed E-state index contributed by atoms with van der Waals surface area (Å²) < 4.78 is 0. The second kappa shape index (κ2) is 6.49. The third-order valence-electron chi connectivity index (χ3n) is 3.12. The predicted octanol–water partition coefficient (Wildman–Crippen LogP) is 3.43. The van der Waals surface area contributed by atoms with Crippen LogP contribution in [-0.4, -0.2) is 19.9 Å². The molecule has 3 rings (SSSR count). The summed E-state index contributed by atoms with van der Waals surface area (Å²) in [7, 11) is 0. The van der Waals surface area contributed by atoms with Crippen LogP contribution in [-0.2, 0) is 6.54 Å². The first kappa shape index (κ1) is 15.0.